The fourth-order valence-corrected chi connectivity index (χ4v) is 9.30. The van der Waals surface area contributed by atoms with E-state index in [1.54, 1.807) is 6.08 Å². The molecule has 0 saturated carbocycles. The van der Waals surface area contributed by atoms with Crippen molar-refractivity contribution in [2.45, 2.75) is 334 Å². The van der Waals surface area contributed by atoms with Crippen LogP contribution in [0.5, 0.6) is 0 Å². The number of allylic oxidation sites excluding steroid dienone is 4. The highest BCUT2D eigenvalue weighted by molar-refractivity contribution is 5.76. The molecule has 0 rings (SSSR count). The van der Waals surface area contributed by atoms with Crippen LogP contribution in [0, 0.1) is 0 Å². The molecule has 400 valence electrons. The van der Waals surface area contributed by atoms with Crippen LogP contribution in [0.25, 0.3) is 0 Å². The molecule has 0 spiro atoms. The largest absolute Gasteiger partial charge is 0.465 e. The minimum atomic E-state index is -0.848. The summed E-state index contributed by atoms with van der Waals surface area (Å²) in [6, 6.07) is -0.631. The van der Waals surface area contributed by atoms with Crippen LogP contribution in [0.15, 0.2) is 36.5 Å². The SMILES string of the molecule is CCCCCCCCCCCCCCC/C=C/C(O)C(CO)NC(=O)CCCCCCCCCCCCCCCC/C=C\C/C=C\CCOC(=O)CCCCCCCCCCCCCCCCC. The third-order valence-electron chi connectivity index (χ3n) is 13.9. The van der Waals surface area contributed by atoms with Crippen molar-refractivity contribution >= 4 is 11.9 Å². The van der Waals surface area contributed by atoms with Gasteiger partial charge < -0.3 is 20.3 Å². The number of unbranched alkanes of at least 4 members (excludes halogenated alkanes) is 41. The first-order valence-corrected chi connectivity index (χ1v) is 30.3. The number of rotatable bonds is 56. The lowest BCUT2D eigenvalue weighted by molar-refractivity contribution is -0.143. The van der Waals surface area contributed by atoms with E-state index in [0.29, 0.717) is 19.4 Å². The molecule has 0 radical (unpaired) electrons. The molecule has 3 N–H and O–H groups in total. The number of aliphatic hydroxyl groups excluding tert-OH is 2. The number of nitrogens with one attached hydrogen (secondary N) is 1. The first kappa shape index (κ1) is 66.1. The predicted molar refractivity (Wildman–Crippen MR) is 296 cm³/mol. The lowest BCUT2D eigenvalue weighted by atomic mass is 10.0. The van der Waals surface area contributed by atoms with Crippen LogP contribution < -0.4 is 5.32 Å². The highest BCUT2D eigenvalue weighted by Gasteiger charge is 2.18. The summed E-state index contributed by atoms with van der Waals surface area (Å²) in [5, 5.41) is 23.1. The highest BCUT2D eigenvalue weighted by Crippen LogP contribution is 2.17. The van der Waals surface area contributed by atoms with Crippen molar-refractivity contribution in [3.63, 3.8) is 0 Å². The van der Waals surface area contributed by atoms with Crippen LogP contribution in [0.3, 0.4) is 0 Å². The molecule has 0 aromatic rings. The normalized spacial score (nSPS) is 12.8. The number of carbonyl (C=O) groups is 2. The molecule has 0 aliphatic rings. The van der Waals surface area contributed by atoms with Gasteiger partial charge in [0.15, 0.2) is 0 Å². The minimum absolute atomic E-state index is 0.0330. The first-order valence-electron chi connectivity index (χ1n) is 30.3. The van der Waals surface area contributed by atoms with E-state index in [2.05, 4.69) is 43.5 Å². The topological polar surface area (TPSA) is 95.9 Å². The fraction of sp³-hybridized carbons (Fsp3) is 0.871. The Balaban J connectivity index is 3.47. The van der Waals surface area contributed by atoms with Crippen molar-refractivity contribution < 1.29 is 24.5 Å². The van der Waals surface area contributed by atoms with E-state index in [4.69, 9.17) is 4.74 Å². The van der Waals surface area contributed by atoms with Crippen LogP contribution in [0.4, 0.5) is 0 Å². The first-order chi connectivity index (χ1) is 33.5. The number of hydrogen-bond acceptors (Lipinski definition) is 5. The Morgan fingerprint density at radius 3 is 1.12 bits per heavy atom. The Morgan fingerprint density at radius 2 is 0.735 bits per heavy atom. The molecule has 0 aromatic carbocycles. The lowest BCUT2D eigenvalue weighted by Gasteiger charge is -2.20. The van der Waals surface area contributed by atoms with E-state index in [1.165, 1.54) is 244 Å². The quantitative estimate of drug-likeness (QED) is 0.0321. The van der Waals surface area contributed by atoms with Gasteiger partial charge in [-0.1, -0.05) is 294 Å². The Hall–Kier alpha value is -1.92. The van der Waals surface area contributed by atoms with Gasteiger partial charge in [-0.15, -0.1) is 0 Å². The molecule has 6 nitrogen and oxygen atoms in total. The monoisotopic (exact) mass is 956 g/mol. The molecule has 0 fully saturated rings. The zero-order valence-corrected chi connectivity index (χ0v) is 45.6. The molecular weight excluding hydrogens is 839 g/mol. The van der Waals surface area contributed by atoms with Gasteiger partial charge in [-0.05, 0) is 51.4 Å². The van der Waals surface area contributed by atoms with E-state index in [1.807, 2.05) is 6.08 Å². The van der Waals surface area contributed by atoms with Gasteiger partial charge in [0.1, 0.15) is 0 Å². The summed E-state index contributed by atoms with van der Waals surface area (Å²) in [4.78, 5) is 24.5. The molecule has 68 heavy (non-hydrogen) atoms. The van der Waals surface area contributed by atoms with Crippen LogP contribution >= 0.6 is 0 Å². The van der Waals surface area contributed by atoms with E-state index >= 15 is 0 Å². The molecule has 0 bridgehead atoms. The van der Waals surface area contributed by atoms with Crippen LogP contribution in [-0.4, -0.2) is 47.4 Å². The third-order valence-corrected chi connectivity index (χ3v) is 13.9. The second-order valence-electron chi connectivity index (χ2n) is 20.7. The van der Waals surface area contributed by atoms with E-state index in [0.717, 1.165) is 51.4 Å². The van der Waals surface area contributed by atoms with Crippen molar-refractivity contribution in [1.82, 2.24) is 5.32 Å². The summed E-state index contributed by atoms with van der Waals surface area (Å²) in [5.41, 5.74) is 0. The van der Waals surface area contributed by atoms with Gasteiger partial charge in [0.25, 0.3) is 0 Å². The molecule has 0 saturated heterocycles. The predicted octanol–water partition coefficient (Wildman–Crippen LogP) is 18.8. The van der Waals surface area contributed by atoms with E-state index in [-0.39, 0.29) is 18.5 Å². The van der Waals surface area contributed by atoms with Gasteiger partial charge in [-0.25, -0.2) is 0 Å². The smallest absolute Gasteiger partial charge is 0.305 e. The van der Waals surface area contributed by atoms with Crippen molar-refractivity contribution in [3.05, 3.63) is 36.5 Å². The molecule has 0 aliphatic carbocycles. The summed E-state index contributed by atoms with van der Waals surface area (Å²) < 4.78 is 5.42. The summed E-state index contributed by atoms with van der Waals surface area (Å²) in [6.07, 6.45) is 71.9. The Labute approximate surface area is 424 Å². The average molecular weight is 957 g/mol. The van der Waals surface area contributed by atoms with Gasteiger partial charge in [0, 0.05) is 12.8 Å². The Bertz CT molecular complexity index is 1100. The van der Waals surface area contributed by atoms with Gasteiger partial charge in [-0.3, -0.25) is 9.59 Å². The van der Waals surface area contributed by atoms with Gasteiger partial charge in [-0.2, -0.15) is 0 Å². The van der Waals surface area contributed by atoms with Crippen molar-refractivity contribution in [2.75, 3.05) is 13.2 Å². The highest BCUT2D eigenvalue weighted by atomic mass is 16.5. The number of ether oxygens (including phenoxy) is 1. The summed E-state index contributed by atoms with van der Waals surface area (Å²) in [5.74, 6) is -0.105. The molecule has 0 heterocycles. The zero-order valence-electron chi connectivity index (χ0n) is 45.6. The average Bonchev–Trinajstić information content (AvgIpc) is 3.34. The summed E-state index contributed by atoms with van der Waals surface area (Å²) >= 11 is 0. The van der Waals surface area contributed by atoms with Crippen LogP contribution in [0.1, 0.15) is 322 Å². The standard InChI is InChI=1S/C62H117NO5/c1-3-5-7-9-11-13-15-17-26-30-34-38-42-46-50-54-60(65)59(58-64)63-61(66)55-51-47-43-39-35-31-28-24-22-20-19-21-23-25-29-33-37-41-45-49-53-57-68-62(67)56-52-48-44-40-36-32-27-18-16-14-12-10-8-6-4-2/h33,37,45,49-50,54,59-60,64-65H,3-32,34-36,38-44,46-48,51-53,55-58H2,1-2H3,(H,63,66)/b37-33-,49-45-,54-50+. The zero-order chi connectivity index (χ0) is 49.3. The second-order valence-corrected chi connectivity index (χ2v) is 20.7. The van der Waals surface area contributed by atoms with E-state index in [9.17, 15) is 19.8 Å². The van der Waals surface area contributed by atoms with Gasteiger partial charge in [0.2, 0.25) is 5.91 Å². The molecule has 0 aliphatic heterocycles. The Kier molecular flexibility index (Phi) is 56.0. The number of amides is 1. The molecule has 0 aromatic heterocycles. The van der Waals surface area contributed by atoms with Gasteiger partial charge >= 0.3 is 5.97 Å². The lowest BCUT2D eigenvalue weighted by Crippen LogP contribution is -2.45. The molecule has 1 amide bonds. The van der Waals surface area contributed by atoms with Crippen LogP contribution in [-0.2, 0) is 14.3 Å². The second kappa shape index (κ2) is 57.7. The van der Waals surface area contributed by atoms with Crippen molar-refractivity contribution in [3.8, 4) is 0 Å². The van der Waals surface area contributed by atoms with Gasteiger partial charge in [0.05, 0.1) is 25.4 Å². The van der Waals surface area contributed by atoms with Crippen molar-refractivity contribution in [2.24, 2.45) is 0 Å². The fourth-order valence-electron chi connectivity index (χ4n) is 9.30. The minimum Gasteiger partial charge on any atom is -0.465 e. The molecule has 2 unspecified atom stereocenters. The van der Waals surface area contributed by atoms with Crippen LogP contribution in [0.2, 0.25) is 0 Å². The number of hydrogen-bond donors (Lipinski definition) is 3. The maximum atomic E-state index is 12.5. The molecule has 6 heteroatoms. The van der Waals surface area contributed by atoms with Crippen molar-refractivity contribution in [1.29, 1.82) is 0 Å². The third kappa shape index (κ3) is 53.4. The van der Waals surface area contributed by atoms with E-state index < -0.39 is 12.1 Å². The molecule has 2 atom stereocenters. The maximum absolute atomic E-state index is 12.5. The summed E-state index contributed by atoms with van der Waals surface area (Å²) in [6.45, 7) is 4.81. The molecular formula is C62H117NO5. The number of carbonyl (C=O) groups excluding carboxylic acids is 2. The summed E-state index contributed by atoms with van der Waals surface area (Å²) in [7, 11) is 0. The number of aliphatic hydroxyl groups is 2. The maximum Gasteiger partial charge on any atom is 0.305 e. The number of esters is 1. The Morgan fingerprint density at radius 1 is 0.412 bits per heavy atom.